The van der Waals surface area contributed by atoms with Gasteiger partial charge >= 0.3 is 6.18 Å². The summed E-state index contributed by atoms with van der Waals surface area (Å²) < 4.78 is 36.5. The van der Waals surface area contributed by atoms with E-state index in [0.717, 1.165) is 0 Å². The van der Waals surface area contributed by atoms with Gasteiger partial charge in [-0.2, -0.15) is 13.2 Å². The lowest BCUT2D eigenvalue weighted by molar-refractivity contribution is -0.184. The number of hydrogen-bond donors (Lipinski definition) is 2. The Bertz CT molecular complexity index is 147. The molecule has 0 amide bonds. The highest BCUT2D eigenvalue weighted by molar-refractivity contribution is 4.86. The second-order valence-electron chi connectivity index (χ2n) is 3.47. The highest BCUT2D eigenvalue weighted by Crippen LogP contribution is 2.36. The molecule has 0 aromatic heterocycles. The first-order valence-electron chi connectivity index (χ1n) is 3.97. The summed E-state index contributed by atoms with van der Waals surface area (Å²) >= 11 is 0. The molecule has 0 aliphatic heterocycles. The zero-order chi connectivity index (χ0) is 9.35. The SMILES string of the molecule is N[C@H]1CC(C(F)(F)F)C[C@H](N)C1. The molecule has 0 aromatic carbocycles. The fraction of sp³-hybridized carbons (Fsp3) is 1.00. The third-order valence-electron chi connectivity index (χ3n) is 2.24. The minimum atomic E-state index is -4.13. The van der Waals surface area contributed by atoms with Crippen molar-refractivity contribution in [1.82, 2.24) is 0 Å². The van der Waals surface area contributed by atoms with Crippen molar-refractivity contribution < 1.29 is 13.2 Å². The third kappa shape index (κ3) is 2.35. The van der Waals surface area contributed by atoms with E-state index < -0.39 is 12.1 Å². The van der Waals surface area contributed by atoms with Crippen molar-refractivity contribution in [2.45, 2.75) is 37.5 Å². The smallest absolute Gasteiger partial charge is 0.328 e. The molecule has 72 valence electrons. The first-order valence-corrected chi connectivity index (χ1v) is 3.97. The molecule has 4 N–H and O–H groups in total. The molecule has 1 fully saturated rings. The molecule has 0 bridgehead atoms. The molecular formula is C7H13F3N2. The van der Waals surface area contributed by atoms with E-state index >= 15 is 0 Å². The van der Waals surface area contributed by atoms with Gasteiger partial charge in [-0.25, -0.2) is 0 Å². The van der Waals surface area contributed by atoms with Gasteiger partial charge in [0.05, 0.1) is 5.92 Å². The van der Waals surface area contributed by atoms with E-state index in [4.69, 9.17) is 11.5 Å². The van der Waals surface area contributed by atoms with Crippen LogP contribution in [0.1, 0.15) is 19.3 Å². The molecule has 0 radical (unpaired) electrons. The number of nitrogens with two attached hydrogens (primary N) is 2. The molecule has 5 heteroatoms. The van der Waals surface area contributed by atoms with Gasteiger partial charge in [-0.05, 0) is 19.3 Å². The Morgan fingerprint density at radius 3 is 1.67 bits per heavy atom. The van der Waals surface area contributed by atoms with Crippen molar-refractivity contribution in [2.24, 2.45) is 17.4 Å². The Morgan fingerprint density at radius 1 is 0.917 bits per heavy atom. The van der Waals surface area contributed by atoms with Crippen LogP contribution in [0.4, 0.5) is 13.2 Å². The number of halogens is 3. The topological polar surface area (TPSA) is 52.0 Å². The number of hydrogen-bond acceptors (Lipinski definition) is 2. The summed E-state index contributed by atoms with van der Waals surface area (Å²) in [6, 6.07) is -0.777. The van der Waals surface area contributed by atoms with Crippen LogP contribution in [0, 0.1) is 5.92 Å². The summed E-state index contributed by atoms with van der Waals surface area (Å²) in [6.07, 6.45) is -3.57. The van der Waals surface area contributed by atoms with Crippen LogP contribution >= 0.6 is 0 Å². The van der Waals surface area contributed by atoms with Crippen molar-refractivity contribution in [3.63, 3.8) is 0 Å². The van der Waals surface area contributed by atoms with Crippen LogP contribution in [0.3, 0.4) is 0 Å². The van der Waals surface area contributed by atoms with E-state index in [1.807, 2.05) is 0 Å². The van der Waals surface area contributed by atoms with Gasteiger partial charge in [0.2, 0.25) is 0 Å². The summed E-state index contributed by atoms with van der Waals surface area (Å²) in [6.45, 7) is 0. The number of rotatable bonds is 0. The average Bonchev–Trinajstić information content (AvgIpc) is 1.82. The van der Waals surface area contributed by atoms with Crippen LogP contribution in [0.2, 0.25) is 0 Å². The maximum absolute atomic E-state index is 12.2. The Balaban J connectivity index is 2.55. The molecular weight excluding hydrogens is 169 g/mol. The lowest BCUT2D eigenvalue weighted by Gasteiger charge is -2.32. The molecule has 1 aliphatic carbocycles. The fourth-order valence-corrected chi connectivity index (χ4v) is 1.68. The summed E-state index contributed by atoms with van der Waals surface area (Å²) in [7, 11) is 0. The maximum Gasteiger partial charge on any atom is 0.391 e. The van der Waals surface area contributed by atoms with Crippen LogP contribution in [0.5, 0.6) is 0 Å². The predicted octanol–water partition coefficient (Wildman–Crippen LogP) is 1.00. The van der Waals surface area contributed by atoms with Gasteiger partial charge in [-0.15, -0.1) is 0 Å². The Hall–Kier alpha value is -0.290. The first-order chi connectivity index (χ1) is 5.39. The van der Waals surface area contributed by atoms with E-state index in [-0.39, 0.29) is 24.9 Å². The minimum Gasteiger partial charge on any atom is -0.328 e. The van der Waals surface area contributed by atoms with Gasteiger partial charge in [0.15, 0.2) is 0 Å². The lowest BCUT2D eigenvalue weighted by atomic mass is 9.83. The summed E-state index contributed by atoms with van der Waals surface area (Å²) in [5, 5.41) is 0. The van der Waals surface area contributed by atoms with E-state index in [1.54, 1.807) is 0 Å². The zero-order valence-electron chi connectivity index (χ0n) is 6.64. The largest absolute Gasteiger partial charge is 0.391 e. The van der Waals surface area contributed by atoms with Crippen LogP contribution in [0.15, 0.2) is 0 Å². The highest BCUT2D eigenvalue weighted by Gasteiger charge is 2.43. The van der Waals surface area contributed by atoms with Crippen molar-refractivity contribution in [2.75, 3.05) is 0 Å². The van der Waals surface area contributed by atoms with Crippen molar-refractivity contribution in [3.8, 4) is 0 Å². The predicted molar refractivity (Wildman–Crippen MR) is 39.3 cm³/mol. The lowest BCUT2D eigenvalue weighted by Crippen LogP contribution is -2.44. The van der Waals surface area contributed by atoms with Gasteiger partial charge in [0.1, 0.15) is 0 Å². The van der Waals surface area contributed by atoms with Crippen molar-refractivity contribution in [1.29, 1.82) is 0 Å². The zero-order valence-corrected chi connectivity index (χ0v) is 6.64. The van der Waals surface area contributed by atoms with E-state index in [1.165, 1.54) is 0 Å². The first kappa shape index (κ1) is 9.80. The van der Waals surface area contributed by atoms with Gasteiger partial charge < -0.3 is 11.5 Å². The quantitative estimate of drug-likeness (QED) is 0.587. The summed E-state index contributed by atoms with van der Waals surface area (Å²) in [5.41, 5.74) is 10.9. The third-order valence-corrected chi connectivity index (χ3v) is 2.24. The summed E-state index contributed by atoms with van der Waals surface area (Å²) in [5.74, 6) is -1.30. The Morgan fingerprint density at radius 2 is 1.33 bits per heavy atom. The fourth-order valence-electron chi connectivity index (χ4n) is 1.68. The van der Waals surface area contributed by atoms with E-state index in [0.29, 0.717) is 6.42 Å². The molecule has 1 saturated carbocycles. The van der Waals surface area contributed by atoms with E-state index in [9.17, 15) is 13.2 Å². The monoisotopic (exact) mass is 182 g/mol. The van der Waals surface area contributed by atoms with Gasteiger partial charge in [0.25, 0.3) is 0 Å². The minimum absolute atomic E-state index is 0.0250. The second-order valence-corrected chi connectivity index (χ2v) is 3.47. The van der Waals surface area contributed by atoms with Gasteiger partial charge in [-0.3, -0.25) is 0 Å². The maximum atomic E-state index is 12.2. The molecule has 2 nitrogen and oxygen atoms in total. The highest BCUT2D eigenvalue weighted by atomic mass is 19.4. The van der Waals surface area contributed by atoms with E-state index in [2.05, 4.69) is 0 Å². The van der Waals surface area contributed by atoms with Gasteiger partial charge in [-0.1, -0.05) is 0 Å². The number of alkyl halides is 3. The van der Waals surface area contributed by atoms with Crippen LogP contribution in [0.25, 0.3) is 0 Å². The molecule has 2 atom stereocenters. The van der Waals surface area contributed by atoms with Crippen molar-refractivity contribution in [3.05, 3.63) is 0 Å². The second kappa shape index (κ2) is 3.22. The van der Waals surface area contributed by atoms with Crippen LogP contribution < -0.4 is 11.5 Å². The van der Waals surface area contributed by atoms with Gasteiger partial charge in [0, 0.05) is 12.1 Å². The van der Waals surface area contributed by atoms with Crippen molar-refractivity contribution >= 4 is 0 Å². The molecule has 0 spiro atoms. The average molecular weight is 182 g/mol. The van der Waals surface area contributed by atoms with Crippen LogP contribution in [-0.4, -0.2) is 18.3 Å². The Kier molecular flexibility index (Phi) is 2.63. The summed E-state index contributed by atoms with van der Waals surface area (Å²) in [4.78, 5) is 0. The molecule has 0 heterocycles. The molecule has 0 unspecified atom stereocenters. The molecule has 12 heavy (non-hydrogen) atoms. The normalized spacial score (nSPS) is 38.2. The Labute approximate surface area is 69.1 Å². The van der Waals surface area contributed by atoms with Crippen LogP contribution in [-0.2, 0) is 0 Å². The standard InChI is InChI=1S/C7H13F3N2/c8-7(9,10)4-1-5(11)3-6(12)2-4/h4-6H,1-3,11-12H2/t5-,6-/m0/s1. The molecule has 0 aromatic rings. The molecule has 0 saturated heterocycles. The molecule has 1 rings (SSSR count). The molecule has 1 aliphatic rings.